The Bertz CT molecular complexity index is 1350. The van der Waals surface area contributed by atoms with Crippen LogP contribution in [0.3, 0.4) is 0 Å². The van der Waals surface area contributed by atoms with Crippen molar-refractivity contribution in [2.24, 2.45) is 0 Å². The Morgan fingerprint density at radius 3 is 2.56 bits per heavy atom. The van der Waals surface area contributed by atoms with Gasteiger partial charge in [-0.2, -0.15) is 8.78 Å². The average Bonchev–Trinajstić information content (AvgIpc) is 3.23. The summed E-state index contributed by atoms with van der Waals surface area (Å²) in [6.07, 6.45) is 2.08. The van der Waals surface area contributed by atoms with Crippen LogP contribution >= 0.6 is 0 Å². The highest BCUT2D eigenvalue weighted by Crippen LogP contribution is 2.40. The molecule has 34 heavy (non-hydrogen) atoms. The first-order valence-electron chi connectivity index (χ1n) is 10.9. The van der Waals surface area contributed by atoms with Crippen molar-refractivity contribution in [3.8, 4) is 17.2 Å². The van der Waals surface area contributed by atoms with Crippen LogP contribution < -0.4 is 19.5 Å². The molecule has 4 aromatic rings. The molecule has 3 aromatic carbocycles. The first-order chi connectivity index (χ1) is 16.6. The normalized spacial score (nSPS) is 15.0. The topological polar surface area (TPSA) is 57.5 Å². The number of fused-ring (bicyclic) bond motifs is 3. The number of aromatic nitrogens is 2. The van der Waals surface area contributed by atoms with E-state index in [2.05, 4.69) is 20.7 Å². The second-order valence-corrected chi connectivity index (χ2v) is 7.69. The number of alkyl halides is 2. The molecule has 1 aromatic heterocycles. The maximum Gasteiger partial charge on any atom is 0.387 e. The molecule has 0 saturated heterocycles. The van der Waals surface area contributed by atoms with Gasteiger partial charge in [0.05, 0.1) is 30.8 Å². The van der Waals surface area contributed by atoms with Gasteiger partial charge in [-0.3, -0.25) is 4.57 Å². The highest BCUT2D eigenvalue weighted by molar-refractivity contribution is 5.85. The zero-order valence-electron chi connectivity index (χ0n) is 18.7. The van der Waals surface area contributed by atoms with Gasteiger partial charge in [0.25, 0.3) is 0 Å². The van der Waals surface area contributed by atoms with E-state index in [1.807, 2.05) is 48.5 Å². The number of para-hydroxylation sites is 2. The summed E-state index contributed by atoms with van der Waals surface area (Å²) in [5.74, 6) is 1.72. The number of halogens is 2. The van der Waals surface area contributed by atoms with Crippen molar-refractivity contribution >= 4 is 22.7 Å². The molecule has 1 aliphatic heterocycles. The quantitative estimate of drug-likeness (QED) is 0.359. The SMILES string of the molecule is CCOc1cc([C@H]2C=C(c3ccc(OC)cc3)Nc3nc4ccccc4n32)ccc1OC(F)F. The third-order valence-corrected chi connectivity index (χ3v) is 5.67. The average molecular weight is 463 g/mol. The zero-order chi connectivity index (χ0) is 23.7. The molecule has 2 heterocycles. The smallest absolute Gasteiger partial charge is 0.387 e. The highest BCUT2D eigenvalue weighted by atomic mass is 19.3. The van der Waals surface area contributed by atoms with Crippen LogP contribution in [0.1, 0.15) is 24.1 Å². The monoisotopic (exact) mass is 463 g/mol. The molecular weight excluding hydrogens is 440 g/mol. The minimum atomic E-state index is -2.94. The predicted octanol–water partition coefficient (Wildman–Crippen LogP) is 6.10. The van der Waals surface area contributed by atoms with Gasteiger partial charge in [0.1, 0.15) is 5.75 Å². The third kappa shape index (κ3) is 4.03. The lowest BCUT2D eigenvalue weighted by Crippen LogP contribution is -2.19. The van der Waals surface area contributed by atoms with E-state index in [1.54, 1.807) is 26.2 Å². The number of methoxy groups -OCH3 is 1. The molecule has 6 nitrogen and oxygen atoms in total. The number of imidazole rings is 1. The largest absolute Gasteiger partial charge is 0.497 e. The molecule has 174 valence electrons. The Balaban J connectivity index is 1.65. The summed E-state index contributed by atoms with van der Waals surface area (Å²) >= 11 is 0. The van der Waals surface area contributed by atoms with E-state index >= 15 is 0 Å². The molecule has 0 radical (unpaired) electrons. The number of benzene rings is 3. The Hall–Kier alpha value is -4.07. The van der Waals surface area contributed by atoms with Gasteiger partial charge in [-0.1, -0.05) is 18.2 Å². The number of allylic oxidation sites excluding steroid dienone is 1. The van der Waals surface area contributed by atoms with E-state index in [0.29, 0.717) is 12.6 Å². The van der Waals surface area contributed by atoms with Crippen molar-refractivity contribution in [3.05, 3.63) is 83.9 Å². The Kier molecular flexibility index (Phi) is 5.79. The maximum absolute atomic E-state index is 12.9. The van der Waals surface area contributed by atoms with Crippen LogP contribution in [-0.4, -0.2) is 29.9 Å². The molecule has 1 N–H and O–H groups in total. The molecule has 0 spiro atoms. The van der Waals surface area contributed by atoms with Gasteiger partial charge >= 0.3 is 6.61 Å². The van der Waals surface area contributed by atoms with Gasteiger partial charge in [0.2, 0.25) is 5.95 Å². The van der Waals surface area contributed by atoms with Gasteiger partial charge in [0, 0.05) is 5.70 Å². The van der Waals surface area contributed by atoms with Gasteiger partial charge in [-0.05, 0) is 72.7 Å². The molecule has 0 saturated carbocycles. The van der Waals surface area contributed by atoms with E-state index in [1.165, 1.54) is 6.07 Å². The van der Waals surface area contributed by atoms with Crippen LogP contribution in [0.4, 0.5) is 14.7 Å². The van der Waals surface area contributed by atoms with Crippen LogP contribution in [0.5, 0.6) is 17.2 Å². The van der Waals surface area contributed by atoms with E-state index in [4.69, 9.17) is 14.5 Å². The van der Waals surface area contributed by atoms with Crippen LogP contribution in [0.2, 0.25) is 0 Å². The van der Waals surface area contributed by atoms with Crippen LogP contribution in [0.25, 0.3) is 16.7 Å². The predicted molar refractivity (Wildman–Crippen MR) is 127 cm³/mol. The first kappa shape index (κ1) is 21.8. The van der Waals surface area contributed by atoms with Crippen molar-refractivity contribution in [1.29, 1.82) is 0 Å². The molecule has 1 atom stereocenters. The fraction of sp³-hybridized carbons (Fsp3) is 0.192. The number of rotatable bonds is 7. The summed E-state index contributed by atoms with van der Waals surface area (Å²) in [4.78, 5) is 4.79. The van der Waals surface area contributed by atoms with Crippen molar-refractivity contribution < 1.29 is 23.0 Å². The van der Waals surface area contributed by atoms with Crippen LogP contribution in [-0.2, 0) is 0 Å². The molecule has 1 aliphatic rings. The minimum absolute atomic E-state index is 0.00426. The number of hydrogen-bond donors (Lipinski definition) is 1. The fourth-order valence-electron chi connectivity index (χ4n) is 4.16. The lowest BCUT2D eigenvalue weighted by Gasteiger charge is -2.27. The summed E-state index contributed by atoms with van der Waals surface area (Å²) in [7, 11) is 1.63. The summed E-state index contributed by atoms with van der Waals surface area (Å²) in [5.41, 5.74) is 4.49. The van der Waals surface area contributed by atoms with Gasteiger partial charge < -0.3 is 19.5 Å². The molecule has 0 aliphatic carbocycles. The maximum atomic E-state index is 12.9. The second-order valence-electron chi connectivity index (χ2n) is 7.69. The molecule has 0 fully saturated rings. The van der Waals surface area contributed by atoms with Gasteiger partial charge in [-0.25, -0.2) is 4.98 Å². The molecule has 0 unspecified atom stereocenters. The Morgan fingerprint density at radius 2 is 1.82 bits per heavy atom. The molecule has 5 rings (SSSR count). The third-order valence-electron chi connectivity index (χ3n) is 5.67. The van der Waals surface area contributed by atoms with Crippen LogP contribution in [0.15, 0.2) is 72.8 Å². The first-order valence-corrected chi connectivity index (χ1v) is 10.9. The second kappa shape index (κ2) is 9.05. The lowest BCUT2D eigenvalue weighted by atomic mass is 10.0. The van der Waals surface area contributed by atoms with E-state index in [-0.39, 0.29) is 17.5 Å². The van der Waals surface area contributed by atoms with Gasteiger partial charge in [0.15, 0.2) is 11.5 Å². The number of hydrogen-bond acceptors (Lipinski definition) is 5. The van der Waals surface area contributed by atoms with Crippen molar-refractivity contribution in [2.45, 2.75) is 19.6 Å². The van der Waals surface area contributed by atoms with E-state index in [9.17, 15) is 8.78 Å². The zero-order valence-corrected chi connectivity index (χ0v) is 18.7. The summed E-state index contributed by atoms with van der Waals surface area (Å²) in [5, 5.41) is 3.43. The van der Waals surface area contributed by atoms with Gasteiger partial charge in [-0.15, -0.1) is 0 Å². The van der Waals surface area contributed by atoms with Crippen molar-refractivity contribution in [3.63, 3.8) is 0 Å². The lowest BCUT2D eigenvalue weighted by molar-refractivity contribution is -0.0514. The van der Waals surface area contributed by atoms with Crippen molar-refractivity contribution in [1.82, 2.24) is 9.55 Å². The number of ether oxygens (including phenoxy) is 3. The molecule has 0 amide bonds. The number of nitrogens with one attached hydrogen (secondary N) is 1. The summed E-state index contributed by atoms with van der Waals surface area (Å²) < 4.78 is 43.5. The molecule has 8 heteroatoms. The van der Waals surface area contributed by atoms with E-state index in [0.717, 1.165) is 33.6 Å². The number of anilines is 1. The summed E-state index contributed by atoms with van der Waals surface area (Å²) in [6, 6.07) is 20.4. The summed E-state index contributed by atoms with van der Waals surface area (Å²) in [6.45, 7) is -0.816. The Morgan fingerprint density at radius 1 is 1.03 bits per heavy atom. The van der Waals surface area contributed by atoms with Crippen LogP contribution in [0, 0.1) is 0 Å². The standard InChI is InChI=1S/C26H23F2N3O3/c1-3-33-24-14-17(10-13-23(24)34-25(27)28)22-15-20(16-8-11-18(32-2)12-9-16)30-26-29-19-6-4-5-7-21(19)31(22)26/h4-15,22,25H,3H2,1-2H3,(H,29,30)/t22-/m1/s1. The molecule has 0 bridgehead atoms. The minimum Gasteiger partial charge on any atom is -0.497 e. The molecular formula is C26H23F2N3O3. The highest BCUT2D eigenvalue weighted by Gasteiger charge is 2.26. The number of nitrogens with zero attached hydrogens (tertiary/aromatic N) is 2. The van der Waals surface area contributed by atoms with Crippen molar-refractivity contribution in [2.75, 3.05) is 19.0 Å². The van der Waals surface area contributed by atoms with E-state index < -0.39 is 6.61 Å². The Labute approximate surface area is 195 Å². The fourth-order valence-corrected chi connectivity index (χ4v) is 4.16.